The minimum atomic E-state index is -0.572. The van der Waals surface area contributed by atoms with E-state index in [9.17, 15) is 9.18 Å². The van der Waals surface area contributed by atoms with Gasteiger partial charge in [-0.1, -0.05) is 24.3 Å². The molecule has 4 rings (SSSR count). The van der Waals surface area contributed by atoms with Crippen LogP contribution in [-0.4, -0.2) is 18.7 Å². The number of amides is 1. The number of rotatable bonds is 5. The Bertz CT molecular complexity index is 1180. The molecule has 2 heterocycles. The molecule has 2 aromatic heterocycles. The number of nitrogens with zero attached hydrogens (tertiary/aromatic N) is 1. The SMILES string of the molecule is C/N=C(/c1cc2ccccc2s1)c1cc(NC(=O)Cc2cccs2)c(F)cc1N. The van der Waals surface area contributed by atoms with Crippen LogP contribution in [0.2, 0.25) is 0 Å². The van der Waals surface area contributed by atoms with Crippen LogP contribution in [0.1, 0.15) is 15.3 Å². The molecule has 0 unspecified atom stereocenters. The van der Waals surface area contributed by atoms with E-state index in [2.05, 4.69) is 10.3 Å². The monoisotopic (exact) mass is 423 g/mol. The minimum Gasteiger partial charge on any atom is -0.398 e. The van der Waals surface area contributed by atoms with Gasteiger partial charge in [-0.3, -0.25) is 9.79 Å². The number of halogens is 1. The molecule has 7 heteroatoms. The van der Waals surface area contributed by atoms with Crippen molar-refractivity contribution in [3.63, 3.8) is 0 Å². The lowest BCUT2D eigenvalue weighted by molar-refractivity contribution is -0.115. The number of nitrogens with one attached hydrogen (secondary N) is 1. The summed E-state index contributed by atoms with van der Waals surface area (Å²) in [6, 6.07) is 16.6. The molecule has 0 saturated carbocycles. The van der Waals surface area contributed by atoms with E-state index < -0.39 is 5.82 Å². The third kappa shape index (κ3) is 4.06. The largest absolute Gasteiger partial charge is 0.398 e. The smallest absolute Gasteiger partial charge is 0.229 e. The predicted molar refractivity (Wildman–Crippen MR) is 121 cm³/mol. The third-order valence-corrected chi connectivity index (χ3v) is 6.47. The second kappa shape index (κ2) is 8.14. The highest BCUT2D eigenvalue weighted by Gasteiger charge is 2.17. The van der Waals surface area contributed by atoms with Crippen LogP contribution in [0.5, 0.6) is 0 Å². The van der Waals surface area contributed by atoms with Gasteiger partial charge in [0, 0.05) is 27.9 Å². The Morgan fingerprint density at radius 1 is 1.17 bits per heavy atom. The molecule has 4 aromatic rings. The molecule has 29 heavy (non-hydrogen) atoms. The molecule has 0 bridgehead atoms. The first-order valence-corrected chi connectivity index (χ1v) is 10.6. The Kier molecular flexibility index (Phi) is 5.42. The molecule has 4 nitrogen and oxygen atoms in total. The number of aliphatic imine (C=N–C) groups is 1. The van der Waals surface area contributed by atoms with Gasteiger partial charge >= 0.3 is 0 Å². The number of carbonyl (C=O) groups excluding carboxylic acids is 1. The van der Waals surface area contributed by atoms with Crippen molar-refractivity contribution in [2.45, 2.75) is 6.42 Å². The predicted octanol–water partition coefficient (Wildman–Crippen LogP) is 5.33. The number of carbonyl (C=O) groups is 1. The Balaban J connectivity index is 1.67. The summed E-state index contributed by atoms with van der Waals surface area (Å²) in [5.74, 6) is -0.850. The number of hydrogen-bond donors (Lipinski definition) is 2. The van der Waals surface area contributed by atoms with Gasteiger partial charge in [0.05, 0.1) is 22.7 Å². The van der Waals surface area contributed by atoms with Crippen molar-refractivity contribution in [2.75, 3.05) is 18.1 Å². The van der Waals surface area contributed by atoms with E-state index in [1.54, 1.807) is 24.5 Å². The maximum atomic E-state index is 14.5. The molecule has 0 fully saturated rings. The summed E-state index contributed by atoms with van der Waals surface area (Å²) in [6.07, 6.45) is 0.196. The molecule has 0 aliphatic heterocycles. The molecular weight excluding hydrogens is 405 g/mol. The first kappa shape index (κ1) is 19.3. The molecule has 0 spiro atoms. The lowest BCUT2D eigenvalue weighted by Gasteiger charge is -2.12. The lowest BCUT2D eigenvalue weighted by Crippen LogP contribution is -2.16. The average molecular weight is 424 g/mol. The van der Waals surface area contributed by atoms with Crippen LogP contribution in [0.4, 0.5) is 15.8 Å². The second-order valence-electron chi connectivity index (χ2n) is 6.44. The number of nitrogen functional groups attached to an aromatic ring is 1. The fraction of sp³-hybridized carbons (Fsp3) is 0.0909. The summed E-state index contributed by atoms with van der Waals surface area (Å²) in [5.41, 5.74) is 7.74. The number of hydrogen-bond acceptors (Lipinski definition) is 5. The zero-order valence-corrected chi connectivity index (χ0v) is 17.2. The van der Waals surface area contributed by atoms with Crippen molar-refractivity contribution >= 4 is 55.8 Å². The molecule has 146 valence electrons. The minimum absolute atomic E-state index is 0.0954. The summed E-state index contributed by atoms with van der Waals surface area (Å²) in [4.78, 5) is 18.6. The molecule has 0 saturated heterocycles. The Morgan fingerprint density at radius 3 is 2.72 bits per heavy atom. The van der Waals surface area contributed by atoms with Crippen molar-refractivity contribution in [3.8, 4) is 0 Å². The summed E-state index contributed by atoms with van der Waals surface area (Å²) >= 11 is 3.08. The highest BCUT2D eigenvalue weighted by atomic mass is 32.1. The number of thiophene rings is 2. The van der Waals surface area contributed by atoms with E-state index >= 15 is 0 Å². The van der Waals surface area contributed by atoms with Gasteiger partial charge in [0.15, 0.2) is 0 Å². The first-order valence-electron chi connectivity index (χ1n) is 8.92. The van der Waals surface area contributed by atoms with Gasteiger partial charge in [-0.2, -0.15) is 0 Å². The van der Waals surface area contributed by atoms with Crippen LogP contribution >= 0.6 is 22.7 Å². The van der Waals surface area contributed by atoms with Gasteiger partial charge in [0.25, 0.3) is 0 Å². The van der Waals surface area contributed by atoms with E-state index in [4.69, 9.17) is 5.73 Å². The molecule has 3 N–H and O–H groups in total. The normalized spacial score (nSPS) is 11.7. The summed E-state index contributed by atoms with van der Waals surface area (Å²) < 4.78 is 15.6. The lowest BCUT2D eigenvalue weighted by atomic mass is 10.0. The van der Waals surface area contributed by atoms with E-state index in [1.165, 1.54) is 17.4 Å². The van der Waals surface area contributed by atoms with Crippen molar-refractivity contribution in [1.82, 2.24) is 0 Å². The zero-order chi connectivity index (χ0) is 20.4. The van der Waals surface area contributed by atoms with Crippen LogP contribution in [0.3, 0.4) is 0 Å². The van der Waals surface area contributed by atoms with Crippen molar-refractivity contribution in [3.05, 3.63) is 81.1 Å². The number of anilines is 2. The number of fused-ring (bicyclic) bond motifs is 1. The van der Waals surface area contributed by atoms with Gasteiger partial charge in [-0.05, 0) is 41.1 Å². The van der Waals surface area contributed by atoms with Gasteiger partial charge in [-0.25, -0.2) is 4.39 Å². The van der Waals surface area contributed by atoms with Crippen molar-refractivity contribution < 1.29 is 9.18 Å². The molecule has 0 radical (unpaired) electrons. The summed E-state index contributed by atoms with van der Waals surface area (Å²) in [6.45, 7) is 0. The standard InChI is InChI=1S/C22H18FN3OS2/c1-25-22(20-9-13-5-2-3-7-19(13)29-20)15-11-18(16(23)12-17(15)24)26-21(27)10-14-6-4-8-28-14/h2-9,11-12H,10,24H2,1H3,(H,26,27)/b25-22+. The highest BCUT2D eigenvalue weighted by molar-refractivity contribution is 7.21. The number of nitrogens with two attached hydrogens (primary N) is 1. The van der Waals surface area contributed by atoms with Crippen molar-refractivity contribution in [1.29, 1.82) is 0 Å². The van der Waals surface area contributed by atoms with Crippen LogP contribution < -0.4 is 11.1 Å². The molecular formula is C22H18FN3OS2. The van der Waals surface area contributed by atoms with Crippen molar-refractivity contribution in [2.24, 2.45) is 4.99 Å². The van der Waals surface area contributed by atoms with Crippen LogP contribution in [0, 0.1) is 5.82 Å². The van der Waals surface area contributed by atoms with Crippen LogP contribution in [0.25, 0.3) is 10.1 Å². The molecule has 1 amide bonds. The van der Waals surface area contributed by atoms with Gasteiger partial charge in [-0.15, -0.1) is 22.7 Å². The Hall–Kier alpha value is -3.03. The number of benzene rings is 2. The fourth-order valence-electron chi connectivity index (χ4n) is 3.12. The quantitative estimate of drug-likeness (QED) is 0.336. The van der Waals surface area contributed by atoms with E-state index in [1.807, 2.05) is 47.8 Å². The second-order valence-corrected chi connectivity index (χ2v) is 8.56. The zero-order valence-electron chi connectivity index (χ0n) is 15.6. The first-order chi connectivity index (χ1) is 14.0. The van der Waals surface area contributed by atoms with Crippen LogP contribution in [0.15, 0.2) is 65.0 Å². The fourth-order valence-corrected chi connectivity index (χ4v) is 4.93. The average Bonchev–Trinajstić information content (AvgIpc) is 3.35. The van der Waals surface area contributed by atoms with E-state index in [0.29, 0.717) is 11.3 Å². The van der Waals surface area contributed by atoms with Crippen LogP contribution in [-0.2, 0) is 11.2 Å². The summed E-state index contributed by atoms with van der Waals surface area (Å²) in [5, 5.41) is 5.67. The molecule has 2 aromatic carbocycles. The van der Waals surface area contributed by atoms with Gasteiger partial charge < -0.3 is 11.1 Å². The molecule has 0 aliphatic rings. The van der Waals surface area contributed by atoms with E-state index in [0.717, 1.165) is 19.8 Å². The van der Waals surface area contributed by atoms with E-state index in [-0.39, 0.29) is 23.7 Å². The topological polar surface area (TPSA) is 67.5 Å². The maximum absolute atomic E-state index is 14.5. The van der Waals surface area contributed by atoms with Gasteiger partial charge in [0.2, 0.25) is 5.91 Å². The van der Waals surface area contributed by atoms with Gasteiger partial charge in [0.1, 0.15) is 5.82 Å². The Labute approximate surface area is 175 Å². The maximum Gasteiger partial charge on any atom is 0.229 e. The molecule has 0 aliphatic carbocycles. The molecule has 0 atom stereocenters. The third-order valence-electron chi connectivity index (χ3n) is 4.47. The highest BCUT2D eigenvalue weighted by Crippen LogP contribution is 2.31. The summed E-state index contributed by atoms with van der Waals surface area (Å²) in [7, 11) is 1.68. The Morgan fingerprint density at radius 2 is 2.00 bits per heavy atom.